The van der Waals surface area contributed by atoms with Gasteiger partial charge >= 0.3 is 0 Å². The molecule has 0 N–H and O–H groups in total. The predicted molar refractivity (Wildman–Crippen MR) is 107 cm³/mol. The second kappa shape index (κ2) is 8.84. The van der Waals surface area contributed by atoms with Crippen LogP contribution < -0.4 is 9.47 Å². The van der Waals surface area contributed by atoms with Crippen molar-refractivity contribution in [1.29, 1.82) is 0 Å². The van der Waals surface area contributed by atoms with Crippen LogP contribution in [0.4, 0.5) is 0 Å². The summed E-state index contributed by atoms with van der Waals surface area (Å²) >= 11 is 5.83. The predicted octanol–water partition coefficient (Wildman–Crippen LogP) is 3.19. The molecule has 2 aromatic carbocycles. The Balaban J connectivity index is 1.55. The van der Waals surface area contributed by atoms with Gasteiger partial charge in [-0.3, -0.25) is 4.79 Å². The molecule has 1 atom stereocenters. The summed E-state index contributed by atoms with van der Waals surface area (Å²) < 4.78 is 36.4. The van der Waals surface area contributed by atoms with Gasteiger partial charge in [-0.05, 0) is 61.9 Å². The number of hydrogen-bond acceptors (Lipinski definition) is 5. The molecule has 1 fully saturated rings. The first-order valence-electron chi connectivity index (χ1n) is 9.03. The second-order valence-corrected chi connectivity index (χ2v) is 9.11. The lowest BCUT2D eigenvalue weighted by Gasteiger charge is -2.17. The molecule has 0 aliphatic carbocycles. The van der Waals surface area contributed by atoms with Gasteiger partial charge in [0.1, 0.15) is 11.5 Å². The first-order valence-corrected chi connectivity index (χ1v) is 11.0. The zero-order chi connectivity index (χ0) is 20.1. The molecule has 1 aliphatic heterocycles. The van der Waals surface area contributed by atoms with Crippen LogP contribution in [0.3, 0.4) is 0 Å². The summed E-state index contributed by atoms with van der Waals surface area (Å²) in [5, 5.41) is -0.142. The van der Waals surface area contributed by atoms with E-state index < -0.39 is 15.1 Å². The van der Waals surface area contributed by atoms with Gasteiger partial charge in [0, 0.05) is 18.1 Å². The van der Waals surface area contributed by atoms with Gasteiger partial charge in [-0.25, -0.2) is 8.42 Å². The molecule has 1 unspecified atom stereocenters. The molecule has 0 bridgehead atoms. The maximum atomic E-state index is 12.8. The van der Waals surface area contributed by atoms with E-state index in [9.17, 15) is 13.2 Å². The zero-order valence-corrected chi connectivity index (χ0v) is 17.1. The van der Waals surface area contributed by atoms with Crippen molar-refractivity contribution < 1.29 is 22.7 Å². The summed E-state index contributed by atoms with van der Waals surface area (Å²) in [5.41, 5.74) is 0. The normalized spacial score (nSPS) is 16.8. The fourth-order valence-electron chi connectivity index (χ4n) is 3.06. The van der Waals surface area contributed by atoms with Crippen LogP contribution in [0.5, 0.6) is 11.5 Å². The van der Waals surface area contributed by atoms with Crippen LogP contribution in [-0.2, 0) is 14.6 Å². The number of sulfone groups is 1. The van der Waals surface area contributed by atoms with Crippen LogP contribution in [-0.4, -0.2) is 50.8 Å². The molecule has 28 heavy (non-hydrogen) atoms. The minimum atomic E-state index is -3.51. The molecule has 1 saturated heterocycles. The van der Waals surface area contributed by atoms with E-state index in [1.54, 1.807) is 36.4 Å². The van der Waals surface area contributed by atoms with Crippen LogP contribution in [0.25, 0.3) is 0 Å². The summed E-state index contributed by atoms with van der Waals surface area (Å²) in [6.07, 6.45) is 0.403. The first kappa shape index (κ1) is 20.5. The molecule has 2 aromatic rings. The number of ether oxygens (including phenoxy) is 2. The van der Waals surface area contributed by atoms with Crippen molar-refractivity contribution in [1.82, 2.24) is 4.90 Å². The Kier molecular flexibility index (Phi) is 6.46. The average molecular weight is 424 g/mol. The summed E-state index contributed by atoms with van der Waals surface area (Å²) in [6.45, 7) is 2.90. The minimum Gasteiger partial charge on any atom is -0.494 e. The lowest BCUT2D eigenvalue weighted by Crippen LogP contribution is -2.35. The highest BCUT2D eigenvalue weighted by Gasteiger charge is 2.36. The third-order valence-corrected chi connectivity index (χ3v) is 7.02. The van der Waals surface area contributed by atoms with Crippen LogP contribution >= 0.6 is 11.6 Å². The number of halogens is 1. The Bertz CT molecular complexity index is 913. The van der Waals surface area contributed by atoms with E-state index in [-0.39, 0.29) is 24.0 Å². The van der Waals surface area contributed by atoms with Gasteiger partial charge in [-0.15, -0.1) is 0 Å². The van der Waals surface area contributed by atoms with E-state index in [4.69, 9.17) is 21.1 Å². The van der Waals surface area contributed by atoms with Crippen LogP contribution in [0.1, 0.15) is 13.3 Å². The molecule has 150 valence electrons. The Morgan fingerprint density at radius 2 is 1.68 bits per heavy atom. The van der Waals surface area contributed by atoms with Gasteiger partial charge in [0.2, 0.25) is 0 Å². The largest absolute Gasteiger partial charge is 0.494 e. The van der Waals surface area contributed by atoms with Gasteiger partial charge < -0.3 is 14.4 Å². The summed E-state index contributed by atoms with van der Waals surface area (Å²) in [6, 6.07) is 13.1. The maximum absolute atomic E-state index is 12.8. The van der Waals surface area contributed by atoms with Crippen LogP contribution in [0, 0.1) is 0 Å². The fraction of sp³-hybridized carbons (Fsp3) is 0.350. The van der Waals surface area contributed by atoms with Gasteiger partial charge in [0.05, 0.1) is 16.8 Å². The number of hydrogen-bond donors (Lipinski definition) is 0. The lowest BCUT2D eigenvalue weighted by molar-refractivity contribution is -0.132. The third kappa shape index (κ3) is 4.77. The summed E-state index contributed by atoms with van der Waals surface area (Å²) in [5.74, 6) is 1.06. The number of carbonyl (C=O) groups excluding carboxylic acids is 1. The minimum absolute atomic E-state index is 0.137. The molecule has 0 radical (unpaired) electrons. The molecule has 0 aromatic heterocycles. The van der Waals surface area contributed by atoms with Crippen molar-refractivity contribution in [3.05, 3.63) is 53.6 Å². The van der Waals surface area contributed by atoms with Crippen molar-refractivity contribution in [2.75, 3.05) is 26.3 Å². The van der Waals surface area contributed by atoms with E-state index in [0.717, 1.165) is 5.75 Å². The number of carbonyl (C=O) groups is 1. The smallest absolute Gasteiger partial charge is 0.260 e. The highest BCUT2D eigenvalue weighted by Crippen LogP contribution is 2.25. The molecule has 6 nitrogen and oxygen atoms in total. The molecule has 0 spiro atoms. The van der Waals surface area contributed by atoms with Crippen molar-refractivity contribution in [3.8, 4) is 11.5 Å². The van der Waals surface area contributed by atoms with Gasteiger partial charge in [0.15, 0.2) is 16.4 Å². The summed E-state index contributed by atoms with van der Waals surface area (Å²) in [4.78, 5) is 14.2. The monoisotopic (exact) mass is 423 g/mol. The highest BCUT2D eigenvalue weighted by molar-refractivity contribution is 7.92. The standard InChI is InChI=1S/C20H22ClNO5S/c1-2-26-16-5-7-17(8-6-16)27-14-20(23)22-12-11-19(13-22)28(24,25)18-9-3-15(21)4-10-18/h3-10,19H,2,11-14H2,1H3. The number of rotatable bonds is 7. The molecular formula is C20H22ClNO5S. The van der Waals surface area contributed by atoms with E-state index >= 15 is 0 Å². The molecule has 8 heteroatoms. The molecule has 1 heterocycles. The SMILES string of the molecule is CCOc1ccc(OCC(=O)N2CCC(S(=O)(=O)c3ccc(Cl)cc3)C2)cc1. The number of nitrogens with zero attached hydrogens (tertiary/aromatic N) is 1. The number of benzene rings is 2. The molecule has 3 rings (SSSR count). The van der Waals surface area contributed by atoms with E-state index in [2.05, 4.69) is 0 Å². The lowest BCUT2D eigenvalue weighted by atomic mass is 10.3. The van der Waals surface area contributed by atoms with E-state index in [1.165, 1.54) is 17.0 Å². The van der Waals surface area contributed by atoms with Crippen LogP contribution in [0.15, 0.2) is 53.4 Å². The van der Waals surface area contributed by atoms with Crippen LogP contribution in [0.2, 0.25) is 5.02 Å². The maximum Gasteiger partial charge on any atom is 0.260 e. The summed E-state index contributed by atoms with van der Waals surface area (Å²) in [7, 11) is -3.51. The highest BCUT2D eigenvalue weighted by atomic mass is 35.5. The Morgan fingerprint density at radius 1 is 1.07 bits per heavy atom. The van der Waals surface area contributed by atoms with Gasteiger partial charge in [-0.1, -0.05) is 11.6 Å². The van der Waals surface area contributed by atoms with Crippen molar-refractivity contribution in [3.63, 3.8) is 0 Å². The fourth-order valence-corrected chi connectivity index (χ4v) is 4.88. The average Bonchev–Trinajstić information content (AvgIpc) is 3.19. The van der Waals surface area contributed by atoms with Crippen molar-refractivity contribution in [2.24, 2.45) is 0 Å². The quantitative estimate of drug-likeness (QED) is 0.683. The molecule has 0 saturated carbocycles. The van der Waals surface area contributed by atoms with Gasteiger partial charge in [0.25, 0.3) is 5.91 Å². The Hall–Kier alpha value is -2.25. The Morgan fingerprint density at radius 3 is 2.29 bits per heavy atom. The van der Waals surface area contributed by atoms with Crippen molar-refractivity contribution >= 4 is 27.3 Å². The topological polar surface area (TPSA) is 72.9 Å². The van der Waals surface area contributed by atoms with E-state index in [1.807, 2.05) is 6.92 Å². The second-order valence-electron chi connectivity index (χ2n) is 6.44. The molecular weight excluding hydrogens is 402 g/mol. The number of amides is 1. The third-order valence-electron chi connectivity index (χ3n) is 4.58. The van der Waals surface area contributed by atoms with Gasteiger partial charge in [-0.2, -0.15) is 0 Å². The van der Waals surface area contributed by atoms with Crippen molar-refractivity contribution in [2.45, 2.75) is 23.5 Å². The molecule has 1 aliphatic rings. The zero-order valence-electron chi connectivity index (χ0n) is 15.5. The number of likely N-dealkylation sites (tertiary alicyclic amines) is 1. The first-order chi connectivity index (χ1) is 13.4. The van der Waals surface area contributed by atoms with E-state index in [0.29, 0.717) is 30.3 Å². The Labute approximate surface area is 169 Å². The molecule has 1 amide bonds.